The summed E-state index contributed by atoms with van der Waals surface area (Å²) in [6, 6.07) is 0. The van der Waals surface area contributed by atoms with Gasteiger partial charge < -0.3 is 12.3 Å². The zero-order valence-electron chi connectivity index (χ0n) is 10.5. The van der Waals surface area contributed by atoms with Gasteiger partial charge in [-0.15, -0.1) is 0 Å². The van der Waals surface area contributed by atoms with Gasteiger partial charge in [0.05, 0.1) is 0 Å². The summed E-state index contributed by atoms with van der Waals surface area (Å²) in [7, 11) is -5.16. The maximum Gasteiger partial charge on any atom is 0.312 e. The van der Waals surface area contributed by atoms with Crippen LogP contribution in [0.1, 0.15) is 0 Å². The van der Waals surface area contributed by atoms with Gasteiger partial charge in [-0.25, -0.2) is 0 Å². The van der Waals surface area contributed by atoms with E-state index in [0.717, 1.165) is 0 Å². The van der Waals surface area contributed by atoms with Crippen LogP contribution < -0.4 is 0 Å². The molecule has 0 aliphatic carbocycles. The molecular formula is C7H24O3Si4. The van der Waals surface area contributed by atoms with Crippen molar-refractivity contribution in [2.24, 2.45) is 0 Å². The molecule has 7 heteroatoms. The van der Waals surface area contributed by atoms with Crippen molar-refractivity contribution in [3.63, 3.8) is 0 Å². The molecule has 0 saturated carbocycles. The molecule has 86 valence electrons. The van der Waals surface area contributed by atoms with E-state index in [-0.39, 0.29) is 9.76 Å². The van der Waals surface area contributed by atoms with Gasteiger partial charge in [0.2, 0.25) is 0 Å². The first-order valence-electron chi connectivity index (χ1n) is 5.20. The van der Waals surface area contributed by atoms with E-state index < -0.39 is 26.2 Å². The van der Waals surface area contributed by atoms with Gasteiger partial charge in [0.15, 0.2) is 9.04 Å². The van der Waals surface area contributed by atoms with Crippen molar-refractivity contribution in [3.8, 4) is 0 Å². The van der Waals surface area contributed by atoms with Crippen LogP contribution in [0.25, 0.3) is 0 Å². The molecule has 0 aliphatic rings. The van der Waals surface area contributed by atoms with Crippen LogP contribution in [0.2, 0.25) is 45.8 Å². The van der Waals surface area contributed by atoms with Crippen LogP contribution in [0.15, 0.2) is 0 Å². The van der Waals surface area contributed by atoms with Crippen molar-refractivity contribution < 1.29 is 12.3 Å². The quantitative estimate of drug-likeness (QED) is 0.684. The average molecular weight is 269 g/mol. The Morgan fingerprint density at radius 2 is 1.50 bits per heavy atom. The fourth-order valence-corrected chi connectivity index (χ4v) is 15.0. The second kappa shape index (κ2) is 5.73. The average Bonchev–Trinajstić information content (AvgIpc) is 1.78. The lowest BCUT2D eigenvalue weighted by atomic mass is 11.9. The van der Waals surface area contributed by atoms with Crippen LogP contribution in [0.3, 0.4) is 0 Å². The lowest BCUT2D eigenvalue weighted by molar-refractivity contribution is 0.344. The van der Waals surface area contributed by atoms with Gasteiger partial charge in [-0.1, -0.05) is 6.55 Å². The highest BCUT2D eigenvalue weighted by atomic mass is 28.5. The van der Waals surface area contributed by atoms with Crippen molar-refractivity contribution >= 4 is 35.9 Å². The Balaban J connectivity index is 4.19. The largest absolute Gasteiger partial charge is 0.442 e. The molecule has 14 heavy (non-hydrogen) atoms. The third-order valence-corrected chi connectivity index (χ3v) is 13.5. The Bertz CT molecular complexity index is 172. The molecule has 0 N–H and O–H groups in total. The summed E-state index contributed by atoms with van der Waals surface area (Å²) in [4.78, 5) is 0. The topological polar surface area (TPSA) is 27.7 Å². The molecule has 0 aromatic heterocycles. The van der Waals surface area contributed by atoms with E-state index in [1.54, 1.807) is 0 Å². The maximum absolute atomic E-state index is 6.08. The van der Waals surface area contributed by atoms with Gasteiger partial charge in [0, 0.05) is 0 Å². The highest BCUT2D eigenvalue weighted by molar-refractivity contribution is 6.83. The van der Waals surface area contributed by atoms with Crippen molar-refractivity contribution in [2.45, 2.75) is 45.8 Å². The third-order valence-electron chi connectivity index (χ3n) is 1.50. The summed E-state index contributed by atoms with van der Waals surface area (Å²) in [6.45, 7) is 15.0. The molecule has 0 aromatic rings. The van der Waals surface area contributed by atoms with Crippen LogP contribution in [0, 0.1) is 0 Å². The fourth-order valence-electron chi connectivity index (χ4n) is 1.56. The molecule has 0 rings (SSSR count). The van der Waals surface area contributed by atoms with Crippen molar-refractivity contribution in [1.29, 1.82) is 0 Å². The Morgan fingerprint density at radius 1 is 1.00 bits per heavy atom. The molecule has 0 unspecified atom stereocenters. The van der Waals surface area contributed by atoms with Gasteiger partial charge in [-0.3, -0.25) is 0 Å². The number of hydrogen-bond donors (Lipinski definition) is 0. The summed E-state index contributed by atoms with van der Waals surface area (Å²) in [5.41, 5.74) is 0. The van der Waals surface area contributed by atoms with Crippen molar-refractivity contribution in [3.05, 3.63) is 0 Å². The lowest BCUT2D eigenvalue weighted by Gasteiger charge is -2.34. The minimum absolute atomic E-state index is 0.371. The van der Waals surface area contributed by atoms with E-state index in [1.165, 1.54) is 0 Å². The molecular weight excluding hydrogens is 244 g/mol. The zero-order chi connectivity index (χ0) is 11.4. The Morgan fingerprint density at radius 3 is 1.86 bits per heavy atom. The van der Waals surface area contributed by atoms with E-state index >= 15 is 0 Å². The predicted molar refractivity (Wildman–Crippen MR) is 71.5 cm³/mol. The zero-order valence-corrected chi connectivity index (χ0v) is 15.1. The second-order valence-corrected chi connectivity index (χ2v) is 15.7. The van der Waals surface area contributed by atoms with E-state index in [2.05, 4.69) is 45.8 Å². The molecule has 0 aliphatic heterocycles. The number of rotatable bonds is 6. The first kappa shape index (κ1) is 14.7. The summed E-state index contributed by atoms with van der Waals surface area (Å²) in [6.07, 6.45) is 0. The first-order chi connectivity index (χ1) is 6.18. The van der Waals surface area contributed by atoms with Crippen LogP contribution >= 0.6 is 0 Å². The minimum atomic E-state index is -1.92. The molecule has 0 heterocycles. The van der Waals surface area contributed by atoms with E-state index in [9.17, 15) is 0 Å². The molecule has 0 fully saturated rings. The first-order valence-corrected chi connectivity index (χ1v) is 15.6. The summed E-state index contributed by atoms with van der Waals surface area (Å²) in [5.74, 6) is 0. The predicted octanol–water partition coefficient (Wildman–Crippen LogP) is 1.56. The SMILES string of the molecule is C[SiH2]O[Si](C)(C)O[Si](C)(C)O[SiH](C)C. The van der Waals surface area contributed by atoms with Gasteiger partial charge >= 0.3 is 17.1 Å². The van der Waals surface area contributed by atoms with Crippen LogP contribution in [0.4, 0.5) is 0 Å². The molecule has 0 spiro atoms. The molecule has 0 bridgehead atoms. The molecule has 0 aromatic carbocycles. The minimum Gasteiger partial charge on any atom is -0.442 e. The summed E-state index contributed by atoms with van der Waals surface area (Å²) < 4.78 is 17.8. The molecule has 0 atom stereocenters. The maximum atomic E-state index is 6.08. The van der Waals surface area contributed by atoms with E-state index in [1.807, 2.05) is 0 Å². The second-order valence-electron chi connectivity index (χ2n) is 4.50. The summed E-state index contributed by atoms with van der Waals surface area (Å²) >= 11 is 0. The molecule has 0 amide bonds. The number of hydrogen-bond acceptors (Lipinski definition) is 3. The lowest BCUT2D eigenvalue weighted by Crippen LogP contribution is -2.50. The van der Waals surface area contributed by atoms with Crippen LogP contribution in [0.5, 0.6) is 0 Å². The van der Waals surface area contributed by atoms with Gasteiger partial charge in [-0.05, 0) is 39.3 Å². The highest BCUT2D eigenvalue weighted by Gasteiger charge is 2.36. The smallest absolute Gasteiger partial charge is 0.312 e. The van der Waals surface area contributed by atoms with Gasteiger partial charge in [0.25, 0.3) is 0 Å². The molecule has 0 saturated heterocycles. The fraction of sp³-hybridized carbons (Fsp3) is 1.00. The van der Waals surface area contributed by atoms with E-state index in [4.69, 9.17) is 12.3 Å². The highest BCUT2D eigenvalue weighted by Crippen LogP contribution is 2.17. The van der Waals surface area contributed by atoms with Gasteiger partial charge in [0.1, 0.15) is 9.76 Å². The Labute approximate surface area is 94.3 Å². The molecule has 3 nitrogen and oxygen atoms in total. The van der Waals surface area contributed by atoms with E-state index in [0.29, 0.717) is 0 Å². The van der Waals surface area contributed by atoms with Crippen LogP contribution in [-0.2, 0) is 12.3 Å². The third kappa shape index (κ3) is 7.09. The molecule has 0 radical (unpaired) electrons. The summed E-state index contributed by atoms with van der Waals surface area (Å²) in [5, 5.41) is 0. The standard InChI is InChI=1S/C7H24O3Si4/c1-11-8-13(4,5)10-14(6,7)9-12(2)3/h12H,11H2,1-7H3. The Hall–Kier alpha value is 0.748. The normalized spacial score (nSPS) is 14.6. The monoisotopic (exact) mass is 268 g/mol. The Kier molecular flexibility index (Phi) is 6.03. The van der Waals surface area contributed by atoms with Gasteiger partial charge in [-0.2, -0.15) is 0 Å². The van der Waals surface area contributed by atoms with Crippen molar-refractivity contribution in [2.75, 3.05) is 0 Å². The van der Waals surface area contributed by atoms with Crippen LogP contribution in [-0.4, -0.2) is 35.9 Å². The van der Waals surface area contributed by atoms with Crippen molar-refractivity contribution in [1.82, 2.24) is 0 Å².